The van der Waals surface area contributed by atoms with Gasteiger partial charge in [0.25, 0.3) is 0 Å². The number of halogens is 2. The summed E-state index contributed by atoms with van der Waals surface area (Å²) in [5, 5.41) is 3.49. The van der Waals surface area contributed by atoms with Crippen LogP contribution in [-0.2, 0) is 11.3 Å². The quantitative estimate of drug-likeness (QED) is 0.912. The standard InChI is InChI=1S/C15H19BrFNO/c16-12-2-3-14(17)11(8-12)10-18-13-4-7-19-15(9-13)5-1-6-15/h2-3,8,13,18H,1,4-7,9-10H2. The maximum absolute atomic E-state index is 13.7. The van der Waals surface area contributed by atoms with Gasteiger partial charge in [-0.2, -0.15) is 0 Å². The average Bonchev–Trinajstić information content (AvgIpc) is 2.38. The first-order valence-electron chi connectivity index (χ1n) is 6.98. The topological polar surface area (TPSA) is 21.3 Å². The van der Waals surface area contributed by atoms with Gasteiger partial charge in [-0.05, 0) is 50.3 Å². The molecule has 1 unspecified atom stereocenters. The number of hydrogen-bond acceptors (Lipinski definition) is 2. The minimum absolute atomic E-state index is 0.138. The van der Waals surface area contributed by atoms with Crippen molar-refractivity contribution >= 4 is 15.9 Å². The van der Waals surface area contributed by atoms with Gasteiger partial charge in [0.15, 0.2) is 0 Å². The summed E-state index contributed by atoms with van der Waals surface area (Å²) in [6.07, 6.45) is 5.76. The van der Waals surface area contributed by atoms with E-state index < -0.39 is 0 Å². The van der Waals surface area contributed by atoms with Gasteiger partial charge in [-0.15, -0.1) is 0 Å². The van der Waals surface area contributed by atoms with Gasteiger partial charge in [0.2, 0.25) is 0 Å². The fraction of sp³-hybridized carbons (Fsp3) is 0.600. The van der Waals surface area contributed by atoms with Crippen molar-refractivity contribution in [2.45, 2.75) is 50.3 Å². The summed E-state index contributed by atoms with van der Waals surface area (Å²) in [4.78, 5) is 0. The molecule has 3 rings (SSSR count). The molecule has 2 nitrogen and oxygen atoms in total. The smallest absolute Gasteiger partial charge is 0.127 e. The summed E-state index contributed by atoms with van der Waals surface area (Å²) in [5.74, 6) is -0.138. The maximum atomic E-state index is 13.7. The van der Waals surface area contributed by atoms with Gasteiger partial charge in [-0.1, -0.05) is 15.9 Å². The second-order valence-corrected chi connectivity index (χ2v) is 6.61. The Kier molecular flexibility index (Phi) is 3.92. The predicted octanol–water partition coefficient (Wildman–Crippen LogP) is 3.78. The van der Waals surface area contributed by atoms with E-state index in [9.17, 15) is 4.39 Å². The van der Waals surface area contributed by atoms with Crippen LogP contribution in [0.25, 0.3) is 0 Å². The highest BCUT2D eigenvalue weighted by atomic mass is 79.9. The monoisotopic (exact) mass is 327 g/mol. The molecule has 104 valence electrons. The summed E-state index contributed by atoms with van der Waals surface area (Å²) >= 11 is 3.39. The fourth-order valence-corrected chi connectivity index (χ4v) is 3.46. The van der Waals surface area contributed by atoms with Crippen molar-refractivity contribution in [2.24, 2.45) is 0 Å². The lowest BCUT2D eigenvalue weighted by Crippen LogP contribution is -2.50. The van der Waals surface area contributed by atoms with Crippen LogP contribution in [0.3, 0.4) is 0 Å². The molecule has 4 heteroatoms. The maximum Gasteiger partial charge on any atom is 0.127 e. The van der Waals surface area contributed by atoms with Crippen molar-refractivity contribution in [1.82, 2.24) is 5.32 Å². The number of hydrogen-bond donors (Lipinski definition) is 1. The van der Waals surface area contributed by atoms with Crippen LogP contribution >= 0.6 is 15.9 Å². The summed E-state index contributed by atoms with van der Waals surface area (Å²) in [6.45, 7) is 1.42. The minimum atomic E-state index is -0.138. The van der Waals surface area contributed by atoms with E-state index in [0.29, 0.717) is 12.6 Å². The number of benzene rings is 1. The first-order valence-corrected chi connectivity index (χ1v) is 7.77. The van der Waals surface area contributed by atoms with Gasteiger partial charge in [-0.25, -0.2) is 4.39 Å². The van der Waals surface area contributed by atoms with Crippen LogP contribution in [0, 0.1) is 5.82 Å². The molecule has 1 aliphatic carbocycles. The van der Waals surface area contributed by atoms with Crippen LogP contribution in [0.15, 0.2) is 22.7 Å². The van der Waals surface area contributed by atoms with E-state index in [4.69, 9.17) is 4.74 Å². The third kappa shape index (κ3) is 3.01. The summed E-state index contributed by atoms with van der Waals surface area (Å²) in [5.41, 5.74) is 0.870. The molecular formula is C15H19BrFNO. The van der Waals surface area contributed by atoms with Crippen LogP contribution in [-0.4, -0.2) is 18.2 Å². The van der Waals surface area contributed by atoms with Gasteiger partial charge in [-0.3, -0.25) is 0 Å². The van der Waals surface area contributed by atoms with E-state index in [-0.39, 0.29) is 11.4 Å². The molecule has 1 aromatic carbocycles. The van der Waals surface area contributed by atoms with Crippen LogP contribution in [0.4, 0.5) is 4.39 Å². The predicted molar refractivity (Wildman–Crippen MR) is 76.5 cm³/mol. The van der Waals surface area contributed by atoms with E-state index in [2.05, 4.69) is 21.2 Å². The molecule has 1 N–H and O–H groups in total. The first-order chi connectivity index (χ1) is 9.17. The van der Waals surface area contributed by atoms with Gasteiger partial charge < -0.3 is 10.1 Å². The van der Waals surface area contributed by atoms with Gasteiger partial charge >= 0.3 is 0 Å². The van der Waals surface area contributed by atoms with Crippen molar-refractivity contribution in [2.75, 3.05) is 6.61 Å². The van der Waals surface area contributed by atoms with Crippen LogP contribution < -0.4 is 5.32 Å². The second kappa shape index (κ2) is 5.51. The van der Waals surface area contributed by atoms with Crippen LogP contribution in [0.1, 0.15) is 37.7 Å². The van der Waals surface area contributed by atoms with E-state index in [1.54, 1.807) is 6.07 Å². The number of ether oxygens (including phenoxy) is 1. The number of nitrogens with one attached hydrogen (secondary N) is 1. The Labute approximate surface area is 121 Å². The molecule has 1 heterocycles. The van der Waals surface area contributed by atoms with Crippen molar-refractivity contribution in [3.8, 4) is 0 Å². The zero-order chi connectivity index (χ0) is 13.3. The highest BCUT2D eigenvalue weighted by Crippen LogP contribution is 2.42. The molecule has 0 amide bonds. The average molecular weight is 328 g/mol. The van der Waals surface area contributed by atoms with Crippen molar-refractivity contribution in [3.05, 3.63) is 34.1 Å². The summed E-state index contributed by atoms with van der Waals surface area (Å²) in [7, 11) is 0. The van der Waals surface area contributed by atoms with E-state index in [1.165, 1.54) is 25.3 Å². The molecule has 1 saturated heterocycles. The number of rotatable bonds is 3. The molecule has 1 aliphatic heterocycles. The molecule has 1 atom stereocenters. The Balaban J connectivity index is 1.58. The SMILES string of the molecule is Fc1ccc(Br)cc1CNC1CCOC2(CCC2)C1. The second-order valence-electron chi connectivity index (χ2n) is 5.69. The van der Waals surface area contributed by atoms with Gasteiger partial charge in [0, 0.05) is 29.2 Å². The Morgan fingerprint density at radius 3 is 3.00 bits per heavy atom. The summed E-state index contributed by atoms with van der Waals surface area (Å²) < 4.78 is 20.5. The Morgan fingerprint density at radius 1 is 1.42 bits per heavy atom. The molecule has 0 radical (unpaired) electrons. The molecule has 2 aliphatic rings. The lowest BCUT2D eigenvalue weighted by molar-refractivity contribution is -0.135. The summed E-state index contributed by atoms with van der Waals surface area (Å²) in [6, 6.07) is 5.54. The Bertz CT molecular complexity index is 461. The molecule has 0 bridgehead atoms. The lowest BCUT2D eigenvalue weighted by Gasteiger charge is -2.47. The van der Waals surface area contributed by atoms with Gasteiger partial charge in [0.05, 0.1) is 5.60 Å². The molecule has 0 aromatic heterocycles. The molecule has 1 aromatic rings. The van der Waals surface area contributed by atoms with Crippen LogP contribution in [0.5, 0.6) is 0 Å². The van der Waals surface area contributed by atoms with Crippen molar-refractivity contribution in [3.63, 3.8) is 0 Å². The van der Waals surface area contributed by atoms with E-state index >= 15 is 0 Å². The minimum Gasteiger partial charge on any atom is -0.375 e. The van der Waals surface area contributed by atoms with E-state index in [1.807, 2.05) is 6.07 Å². The molecular weight excluding hydrogens is 309 g/mol. The Morgan fingerprint density at radius 2 is 2.26 bits per heavy atom. The highest BCUT2D eigenvalue weighted by Gasteiger charge is 2.42. The van der Waals surface area contributed by atoms with E-state index in [0.717, 1.165) is 29.5 Å². The zero-order valence-corrected chi connectivity index (χ0v) is 12.5. The first kappa shape index (κ1) is 13.5. The fourth-order valence-electron chi connectivity index (χ4n) is 3.05. The van der Waals surface area contributed by atoms with Crippen LogP contribution in [0.2, 0.25) is 0 Å². The van der Waals surface area contributed by atoms with Gasteiger partial charge in [0.1, 0.15) is 5.82 Å². The lowest BCUT2D eigenvalue weighted by atomic mass is 9.74. The zero-order valence-electron chi connectivity index (χ0n) is 10.9. The van der Waals surface area contributed by atoms with Crippen molar-refractivity contribution in [1.29, 1.82) is 0 Å². The third-order valence-electron chi connectivity index (χ3n) is 4.35. The molecule has 19 heavy (non-hydrogen) atoms. The third-order valence-corrected chi connectivity index (χ3v) is 4.84. The van der Waals surface area contributed by atoms with Crippen molar-refractivity contribution < 1.29 is 9.13 Å². The largest absolute Gasteiger partial charge is 0.375 e. The molecule has 1 spiro atoms. The Hall–Kier alpha value is -0.450. The highest BCUT2D eigenvalue weighted by molar-refractivity contribution is 9.10. The molecule has 1 saturated carbocycles. The normalized spacial score (nSPS) is 25.3. The molecule has 2 fully saturated rings.